The number of halogens is 3. The van der Waals surface area contributed by atoms with Crippen LogP contribution in [0.2, 0.25) is 0 Å². The van der Waals surface area contributed by atoms with Crippen molar-refractivity contribution in [3.63, 3.8) is 0 Å². The van der Waals surface area contributed by atoms with E-state index in [0.29, 0.717) is 11.8 Å². The molecule has 0 amide bonds. The molecule has 17 heavy (non-hydrogen) atoms. The zero-order chi connectivity index (χ0) is 12.4. The van der Waals surface area contributed by atoms with E-state index in [-0.39, 0.29) is 5.88 Å². The van der Waals surface area contributed by atoms with E-state index in [2.05, 4.69) is 27.6 Å². The number of rotatable bonds is 2. The van der Waals surface area contributed by atoms with Crippen molar-refractivity contribution in [2.75, 3.05) is 5.73 Å². The van der Waals surface area contributed by atoms with Crippen LogP contribution in [0.15, 0.2) is 30.3 Å². The van der Waals surface area contributed by atoms with Crippen LogP contribution < -0.4 is 10.5 Å². The first kappa shape index (κ1) is 12.0. The summed E-state index contributed by atoms with van der Waals surface area (Å²) in [6, 6.07) is 7.54. The Hall–Kier alpha value is -1.44. The summed E-state index contributed by atoms with van der Waals surface area (Å²) >= 11 is 2.13. The molecule has 1 aromatic carbocycles. The molecule has 0 bridgehead atoms. The van der Waals surface area contributed by atoms with Gasteiger partial charge in [-0.1, -0.05) is 0 Å². The maximum atomic E-state index is 13.3. The molecule has 3 nitrogen and oxygen atoms in total. The molecule has 1 aromatic heterocycles. The lowest BCUT2D eigenvalue weighted by molar-refractivity contribution is 0.418. The molecule has 1 heterocycles. The summed E-state index contributed by atoms with van der Waals surface area (Å²) in [5, 5.41) is 0. The van der Waals surface area contributed by atoms with Gasteiger partial charge in [-0.3, -0.25) is 0 Å². The molecule has 0 radical (unpaired) electrons. The molecule has 0 aliphatic heterocycles. The van der Waals surface area contributed by atoms with E-state index in [1.807, 2.05) is 0 Å². The van der Waals surface area contributed by atoms with Gasteiger partial charge in [0.15, 0.2) is 17.5 Å². The van der Waals surface area contributed by atoms with E-state index < -0.39 is 17.5 Å². The van der Waals surface area contributed by atoms with Crippen LogP contribution in [0.4, 0.5) is 14.6 Å². The van der Waals surface area contributed by atoms with Gasteiger partial charge in [-0.2, -0.15) is 4.98 Å². The van der Waals surface area contributed by atoms with Crippen molar-refractivity contribution in [3.8, 4) is 11.6 Å². The highest BCUT2D eigenvalue weighted by Gasteiger charge is 2.11. The maximum Gasteiger partial charge on any atom is 0.258 e. The van der Waals surface area contributed by atoms with Crippen LogP contribution in [0.25, 0.3) is 0 Å². The molecule has 0 saturated carbocycles. The Morgan fingerprint density at radius 2 is 1.76 bits per heavy atom. The minimum atomic E-state index is -0.905. The monoisotopic (exact) mass is 348 g/mol. The molecule has 0 fully saturated rings. The topological polar surface area (TPSA) is 48.1 Å². The normalized spacial score (nSPS) is 10.3. The van der Waals surface area contributed by atoms with Crippen molar-refractivity contribution in [3.05, 3.63) is 45.5 Å². The van der Waals surface area contributed by atoms with Gasteiger partial charge in [0, 0.05) is 9.64 Å². The summed E-state index contributed by atoms with van der Waals surface area (Å²) in [4.78, 5) is 3.49. The molecule has 0 saturated heterocycles. The minimum absolute atomic E-state index is 0.342. The molecule has 0 atom stereocenters. The molecule has 88 valence electrons. The summed E-state index contributed by atoms with van der Waals surface area (Å²) in [7, 11) is 0. The Bertz CT molecular complexity index is 546. The van der Waals surface area contributed by atoms with Crippen LogP contribution in [-0.4, -0.2) is 4.98 Å². The first-order valence-electron chi connectivity index (χ1n) is 4.61. The SMILES string of the molecule is Nc1nc(Oc2ccc(I)cc2)c(F)cc1F. The number of hydrogen-bond acceptors (Lipinski definition) is 3. The first-order valence-corrected chi connectivity index (χ1v) is 5.69. The van der Waals surface area contributed by atoms with E-state index in [9.17, 15) is 8.78 Å². The zero-order valence-corrected chi connectivity index (χ0v) is 10.6. The quantitative estimate of drug-likeness (QED) is 0.847. The van der Waals surface area contributed by atoms with Gasteiger partial charge in [-0.25, -0.2) is 8.78 Å². The number of anilines is 1. The van der Waals surface area contributed by atoms with Gasteiger partial charge in [0.05, 0.1) is 0 Å². The number of benzene rings is 1. The Morgan fingerprint density at radius 1 is 1.12 bits per heavy atom. The van der Waals surface area contributed by atoms with Crippen LogP contribution in [0.3, 0.4) is 0 Å². The summed E-state index contributed by atoms with van der Waals surface area (Å²) in [6.45, 7) is 0. The maximum absolute atomic E-state index is 13.3. The predicted molar refractivity (Wildman–Crippen MR) is 67.8 cm³/mol. The van der Waals surface area contributed by atoms with Gasteiger partial charge in [-0.15, -0.1) is 0 Å². The van der Waals surface area contributed by atoms with Crippen LogP contribution in [-0.2, 0) is 0 Å². The average molecular weight is 348 g/mol. The third kappa shape index (κ3) is 2.82. The molecular formula is C11H7F2IN2O. The second kappa shape index (κ2) is 4.82. The second-order valence-electron chi connectivity index (χ2n) is 3.20. The average Bonchev–Trinajstić information content (AvgIpc) is 2.29. The van der Waals surface area contributed by atoms with Crippen molar-refractivity contribution in [1.29, 1.82) is 0 Å². The molecule has 2 N–H and O–H groups in total. The Balaban J connectivity index is 2.30. The van der Waals surface area contributed by atoms with Crippen molar-refractivity contribution in [1.82, 2.24) is 4.98 Å². The predicted octanol–water partition coefficient (Wildman–Crippen LogP) is 3.34. The van der Waals surface area contributed by atoms with E-state index in [1.54, 1.807) is 24.3 Å². The fraction of sp³-hybridized carbons (Fsp3) is 0. The summed E-state index contributed by atoms with van der Waals surface area (Å²) in [6.07, 6.45) is 0. The number of nitrogens with two attached hydrogens (primary N) is 1. The van der Waals surface area contributed by atoms with Crippen molar-refractivity contribution in [2.45, 2.75) is 0 Å². The van der Waals surface area contributed by atoms with Gasteiger partial charge in [-0.05, 0) is 46.9 Å². The lowest BCUT2D eigenvalue weighted by Gasteiger charge is -2.06. The molecule has 0 aliphatic rings. The third-order valence-corrected chi connectivity index (χ3v) is 2.67. The van der Waals surface area contributed by atoms with Crippen LogP contribution in [0, 0.1) is 15.2 Å². The number of nitrogen functional groups attached to an aromatic ring is 1. The first-order chi connectivity index (χ1) is 8.06. The minimum Gasteiger partial charge on any atom is -0.436 e. The molecule has 2 aromatic rings. The van der Waals surface area contributed by atoms with Crippen LogP contribution >= 0.6 is 22.6 Å². The molecule has 6 heteroatoms. The largest absolute Gasteiger partial charge is 0.436 e. The molecule has 2 rings (SSSR count). The zero-order valence-electron chi connectivity index (χ0n) is 8.45. The van der Waals surface area contributed by atoms with Gasteiger partial charge in [0.25, 0.3) is 5.88 Å². The number of nitrogens with zero attached hydrogens (tertiary/aromatic N) is 1. The highest BCUT2D eigenvalue weighted by molar-refractivity contribution is 14.1. The highest BCUT2D eigenvalue weighted by Crippen LogP contribution is 2.25. The molecule has 0 spiro atoms. The van der Waals surface area contributed by atoms with Crippen molar-refractivity contribution in [2.24, 2.45) is 0 Å². The smallest absolute Gasteiger partial charge is 0.258 e. The van der Waals surface area contributed by atoms with E-state index >= 15 is 0 Å². The number of pyridine rings is 1. The summed E-state index contributed by atoms with van der Waals surface area (Å²) < 4.78 is 32.4. The number of hydrogen-bond donors (Lipinski definition) is 1. The summed E-state index contributed by atoms with van der Waals surface area (Å²) in [5.41, 5.74) is 5.23. The molecule has 0 aliphatic carbocycles. The lowest BCUT2D eigenvalue weighted by atomic mass is 10.3. The van der Waals surface area contributed by atoms with E-state index in [1.165, 1.54) is 0 Å². The molecule has 0 unspecified atom stereocenters. The van der Waals surface area contributed by atoms with Crippen LogP contribution in [0.5, 0.6) is 11.6 Å². The Labute approximate surface area is 110 Å². The Kier molecular flexibility index (Phi) is 3.41. The standard InChI is InChI=1S/C11H7F2IN2O/c12-8-5-9(13)11(16-10(8)15)17-7-3-1-6(14)2-4-7/h1-5H,(H2,15,16). The van der Waals surface area contributed by atoms with Crippen molar-refractivity contribution < 1.29 is 13.5 Å². The highest BCUT2D eigenvalue weighted by atomic mass is 127. The van der Waals surface area contributed by atoms with Gasteiger partial charge in [0.2, 0.25) is 0 Å². The van der Waals surface area contributed by atoms with Crippen molar-refractivity contribution >= 4 is 28.4 Å². The number of ether oxygens (including phenoxy) is 1. The van der Waals surface area contributed by atoms with Gasteiger partial charge in [0.1, 0.15) is 5.75 Å². The van der Waals surface area contributed by atoms with E-state index in [0.717, 1.165) is 3.57 Å². The summed E-state index contributed by atoms with van der Waals surface area (Å²) in [5.74, 6) is -2.13. The van der Waals surface area contributed by atoms with Crippen LogP contribution in [0.1, 0.15) is 0 Å². The van der Waals surface area contributed by atoms with E-state index in [4.69, 9.17) is 10.5 Å². The second-order valence-corrected chi connectivity index (χ2v) is 4.44. The third-order valence-electron chi connectivity index (χ3n) is 1.95. The fourth-order valence-electron chi connectivity index (χ4n) is 1.15. The Morgan fingerprint density at radius 3 is 2.41 bits per heavy atom. The van der Waals surface area contributed by atoms with Gasteiger partial charge >= 0.3 is 0 Å². The fourth-order valence-corrected chi connectivity index (χ4v) is 1.51. The van der Waals surface area contributed by atoms with Gasteiger partial charge < -0.3 is 10.5 Å². The molecular weight excluding hydrogens is 341 g/mol. The lowest BCUT2D eigenvalue weighted by Crippen LogP contribution is -2.00. The number of aromatic nitrogens is 1.